The number of ether oxygens (including phenoxy) is 3. The highest BCUT2D eigenvalue weighted by Gasteiger charge is 2.35. The largest absolute Gasteiger partial charge is 0.493 e. The van der Waals surface area contributed by atoms with Gasteiger partial charge in [-0.1, -0.05) is 6.07 Å². The average molecular weight is 354 g/mol. The topological polar surface area (TPSA) is 43.8 Å². The third kappa shape index (κ3) is 3.01. The smallest absolute Gasteiger partial charge is 0.213 e. The first-order valence-corrected chi connectivity index (χ1v) is 9.23. The van der Waals surface area contributed by atoms with Crippen LogP contribution in [0.5, 0.6) is 17.4 Å². The van der Waals surface area contributed by atoms with Gasteiger partial charge in [0.25, 0.3) is 0 Å². The zero-order valence-corrected chi connectivity index (χ0v) is 15.7. The van der Waals surface area contributed by atoms with Gasteiger partial charge in [0, 0.05) is 36.8 Å². The number of methoxy groups -OCH3 is 3. The molecule has 4 rings (SSSR count). The highest BCUT2D eigenvalue weighted by atomic mass is 16.5. The van der Waals surface area contributed by atoms with Crippen molar-refractivity contribution in [2.75, 3.05) is 34.4 Å². The van der Waals surface area contributed by atoms with Crippen LogP contribution in [-0.4, -0.2) is 44.3 Å². The molecule has 5 nitrogen and oxygen atoms in total. The molecule has 0 aliphatic carbocycles. The molecular formula is C21H26N2O3. The summed E-state index contributed by atoms with van der Waals surface area (Å²) in [6, 6.07) is 10.9. The van der Waals surface area contributed by atoms with E-state index in [2.05, 4.69) is 28.1 Å². The third-order valence-electron chi connectivity index (χ3n) is 5.73. The lowest BCUT2D eigenvalue weighted by Crippen LogP contribution is -2.41. The molecule has 0 unspecified atom stereocenters. The molecule has 0 bridgehead atoms. The molecule has 1 aromatic carbocycles. The van der Waals surface area contributed by atoms with Crippen LogP contribution in [-0.2, 0) is 6.42 Å². The maximum Gasteiger partial charge on any atom is 0.213 e. The van der Waals surface area contributed by atoms with Gasteiger partial charge in [0.05, 0.1) is 21.3 Å². The van der Waals surface area contributed by atoms with E-state index in [9.17, 15) is 0 Å². The fourth-order valence-corrected chi connectivity index (χ4v) is 4.38. The molecule has 1 fully saturated rings. The molecule has 0 saturated carbocycles. The molecule has 1 aromatic heterocycles. The molecule has 0 amide bonds. The summed E-state index contributed by atoms with van der Waals surface area (Å²) < 4.78 is 16.3. The van der Waals surface area contributed by atoms with Crippen LogP contribution in [0.3, 0.4) is 0 Å². The van der Waals surface area contributed by atoms with Gasteiger partial charge in [-0.05, 0) is 48.6 Å². The van der Waals surface area contributed by atoms with E-state index in [-0.39, 0.29) is 0 Å². The summed E-state index contributed by atoms with van der Waals surface area (Å²) >= 11 is 0. The van der Waals surface area contributed by atoms with Gasteiger partial charge in [-0.2, -0.15) is 0 Å². The van der Waals surface area contributed by atoms with Crippen molar-refractivity contribution in [3.05, 3.63) is 47.2 Å². The van der Waals surface area contributed by atoms with E-state index in [1.165, 1.54) is 11.1 Å². The van der Waals surface area contributed by atoms with Crippen LogP contribution in [0, 0.1) is 0 Å². The number of benzene rings is 1. The normalized spacial score (nSPS) is 22.3. The van der Waals surface area contributed by atoms with E-state index >= 15 is 0 Å². The minimum atomic E-state index is 0.459. The van der Waals surface area contributed by atoms with Crippen LogP contribution < -0.4 is 14.2 Å². The first kappa shape index (κ1) is 17.2. The van der Waals surface area contributed by atoms with Crippen molar-refractivity contribution in [2.45, 2.75) is 31.2 Å². The maximum absolute atomic E-state index is 5.53. The van der Waals surface area contributed by atoms with Crippen LogP contribution in [0.25, 0.3) is 0 Å². The number of hydrogen-bond donors (Lipinski definition) is 0. The predicted octanol–water partition coefficient (Wildman–Crippen LogP) is 3.58. The Bertz CT molecular complexity index is 793. The predicted molar refractivity (Wildman–Crippen MR) is 100 cm³/mol. The first-order valence-electron chi connectivity index (χ1n) is 9.23. The fraction of sp³-hybridized carbons (Fsp3) is 0.476. The van der Waals surface area contributed by atoms with Crippen molar-refractivity contribution >= 4 is 0 Å². The molecule has 26 heavy (non-hydrogen) atoms. The number of nitrogens with zero attached hydrogens (tertiary/aromatic N) is 2. The van der Waals surface area contributed by atoms with Crippen LogP contribution in [0.4, 0.5) is 0 Å². The lowest BCUT2D eigenvalue weighted by molar-refractivity contribution is 0.121. The first-order chi connectivity index (χ1) is 12.7. The Kier molecular flexibility index (Phi) is 4.72. The lowest BCUT2D eigenvalue weighted by Gasteiger charge is -2.43. The van der Waals surface area contributed by atoms with E-state index in [0.29, 0.717) is 17.8 Å². The van der Waals surface area contributed by atoms with Crippen molar-refractivity contribution in [3.63, 3.8) is 0 Å². The Labute approximate surface area is 154 Å². The minimum Gasteiger partial charge on any atom is -0.493 e. The van der Waals surface area contributed by atoms with E-state index in [0.717, 1.165) is 49.5 Å². The molecule has 2 aliphatic heterocycles. The lowest BCUT2D eigenvalue weighted by atomic mass is 9.82. The summed E-state index contributed by atoms with van der Waals surface area (Å²) in [7, 11) is 5.08. The molecular weight excluding hydrogens is 328 g/mol. The number of rotatable bonds is 4. The molecule has 0 radical (unpaired) electrons. The van der Waals surface area contributed by atoms with Gasteiger partial charge in [0.2, 0.25) is 5.88 Å². The Morgan fingerprint density at radius 1 is 1.00 bits per heavy atom. The quantitative estimate of drug-likeness (QED) is 0.840. The number of aromatic nitrogens is 1. The van der Waals surface area contributed by atoms with Gasteiger partial charge in [-0.3, -0.25) is 4.90 Å². The molecule has 2 atom stereocenters. The molecule has 3 heterocycles. The van der Waals surface area contributed by atoms with E-state index in [1.807, 2.05) is 12.1 Å². The van der Waals surface area contributed by atoms with Crippen molar-refractivity contribution in [1.82, 2.24) is 9.88 Å². The van der Waals surface area contributed by atoms with Crippen molar-refractivity contribution in [1.29, 1.82) is 0 Å². The number of pyridine rings is 1. The Morgan fingerprint density at radius 2 is 1.81 bits per heavy atom. The van der Waals surface area contributed by atoms with E-state index in [1.54, 1.807) is 21.3 Å². The second kappa shape index (κ2) is 7.16. The van der Waals surface area contributed by atoms with Gasteiger partial charge in [-0.15, -0.1) is 0 Å². The number of fused-ring (bicyclic) bond motifs is 3. The SMILES string of the molecule is COc1cccc([C@@H]2CC[C@H]3c4cc(OC)c(OC)cc4CCN3C2)n1. The second-order valence-corrected chi connectivity index (χ2v) is 7.05. The summed E-state index contributed by atoms with van der Waals surface area (Å²) in [6.07, 6.45) is 3.31. The summed E-state index contributed by atoms with van der Waals surface area (Å²) in [5.41, 5.74) is 3.92. The van der Waals surface area contributed by atoms with Crippen LogP contribution >= 0.6 is 0 Å². The minimum absolute atomic E-state index is 0.459. The monoisotopic (exact) mass is 354 g/mol. The fourth-order valence-electron chi connectivity index (χ4n) is 4.38. The van der Waals surface area contributed by atoms with Gasteiger partial charge in [-0.25, -0.2) is 4.98 Å². The zero-order chi connectivity index (χ0) is 18.1. The summed E-state index contributed by atoms with van der Waals surface area (Å²) in [5, 5.41) is 0. The van der Waals surface area contributed by atoms with Crippen LogP contribution in [0.15, 0.2) is 30.3 Å². The van der Waals surface area contributed by atoms with E-state index in [4.69, 9.17) is 14.2 Å². The standard InChI is InChI=1S/C21H26N2O3/c1-24-19-11-14-9-10-23-13-15(17-5-4-6-21(22-17)26-3)7-8-18(23)16(14)12-20(19)25-2/h4-6,11-12,15,18H,7-10,13H2,1-3H3/t15-,18+/m1/s1. The molecule has 0 N–H and O–H groups in total. The molecule has 1 saturated heterocycles. The third-order valence-corrected chi connectivity index (χ3v) is 5.73. The molecule has 2 aromatic rings. The van der Waals surface area contributed by atoms with Crippen LogP contribution in [0.2, 0.25) is 0 Å². The van der Waals surface area contributed by atoms with Gasteiger partial charge >= 0.3 is 0 Å². The van der Waals surface area contributed by atoms with Gasteiger partial charge in [0.1, 0.15) is 0 Å². The zero-order valence-electron chi connectivity index (χ0n) is 15.7. The van der Waals surface area contributed by atoms with Crippen molar-refractivity contribution in [2.24, 2.45) is 0 Å². The summed E-state index contributed by atoms with van der Waals surface area (Å²) in [4.78, 5) is 7.26. The van der Waals surface area contributed by atoms with Gasteiger partial charge < -0.3 is 14.2 Å². The Balaban J connectivity index is 1.58. The highest BCUT2D eigenvalue weighted by molar-refractivity contribution is 5.49. The van der Waals surface area contributed by atoms with E-state index < -0.39 is 0 Å². The molecule has 5 heteroatoms. The van der Waals surface area contributed by atoms with Crippen molar-refractivity contribution < 1.29 is 14.2 Å². The van der Waals surface area contributed by atoms with Crippen LogP contribution in [0.1, 0.15) is 41.6 Å². The number of hydrogen-bond acceptors (Lipinski definition) is 5. The molecule has 138 valence electrons. The molecule has 2 aliphatic rings. The Hall–Kier alpha value is -2.27. The van der Waals surface area contributed by atoms with Gasteiger partial charge in [0.15, 0.2) is 11.5 Å². The second-order valence-electron chi connectivity index (χ2n) is 7.05. The highest BCUT2D eigenvalue weighted by Crippen LogP contribution is 2.44. The maximum atomic E-state index is 5.53. The summed E-state index contributed by atoms with van der Waals surface area (Å²) in [5.74, 6) is 2.81. The van der Waals surface area contributed by atoms with Crippen molar-refractivity contribution in [3.8, 4) is 17.4 Å². The molecule has 0 spiro atoms. The number of piperidine rings is 1. The average Bonchev–Trinajstić information content (AvgIpc) is 2.72. The Morgan fingerprint density at radius 3 is 2.58 bits per heavy atom. The summed E-state index contributed by atoms with van der Waals surface area (Å²) in [6.45, 7) is 2.12.